The summed E-state index contributed by atoms with van der Waals surface area (Å²) in [4.78, 5) is 0. The van der Waals surface area contributed by atoms with Gasteiger partial charge in [-0.2, -0.15) is 0 Å². The molecule has 0 bridgehead atoms. The lowest BCUT2D eigenvalue weighted by Gasteiger charge is -2.43. The van der Waals surface area contributed by atoms with Crippen LogP contribution in [0.4, 0.5) is 8.78 Å². The van der Waals surface area contributed by atoms with Crippen LogP contribution in [0.5, 0.6) is 0 Å². The molecule has 2 rings (SSSR count). The second-order valence-corrected chi connectivity index (χ2v) is 4.90. The van der Waals surface area contributed by atoms with E-state index < -0.39 is 11.5 Å². The highest BCUT2D eigenvalue weighted by molar-refractivity contribution is 5.27. The van der Waals surface area contributed by atoms with Crippen LogP contribution in [0.3, 0.4) is 0 Å². The van der Waals surface area contributed by atoms with E-state index in [0.717, 1.165) is 0 Å². The third kappa shape index (κ3) is 2.04. The smallest absolute Gasteiger partial charge is 0.248 e. The van der Waals surface area contributed by atoms with Crippen LogP contribution in [0.15, 0.2) is 24.3 Å². The normalized spacial score (nSPS) is 38.9. The van der Waals surface area contributed by atoms with Crippen molar-refractivity contribution in [1.29, 1.82) is 0 Å². The molecule has 2 aliphatic carbocycles. The summed E-state index contributed by atoms with van der Waals surface area (Å²) in [6.45, 7) is 0. The van der Waals surface area contributed by atoms with Gasteiger partial charge in [-0.3, -0.25) is 0 Å². The van der Waals surface area contributed by atoms with Gasteiger partial charge in [0.1, 0.15) is 0 Å². The summed E-state index contributed by atoms with van der Waals surface area (Å²) in [5, 5.41) is 0. The molecule has 4 heteroatoms. The standard InChI is InChI=1S/C12H18F2N2/c13-11(14)7-4-9(5-8-11)12(16)6-2-1-3-10(12)15/h1-3,6,9-10H,4-5,7-8,15-16H2. The molecule has 0 spiro atoms. The minimum Gasteiger partial charge on any atom is -0.323 e. The Labute approximate surface area is 94.4 Å². The van der Waals surface area contributed by atoms with Gasteiger partial charge in [-0.05, 0) is 18.8 Å². The molecule has 0 aliphatic heterocycles. The lowest BCUT2D eigenvalue weighted by atomic mass is 9.69. The molecule has 0 aromatic carbocycles. The van der Waals surface area contributed by atoms with E-state index in [-0.39, 0.29) is 24.8 Å². The van der Waals surface area contributed by atoms with Crippen LogP contribution in [0.1, 0.15) is 25.7 Å². The van der Waals surface area contributed by atoms with Crippen LogP contribution in [0.2, 0.25) is 0 Å². The molecule has 2 atom stereocenters. The van der Waals surface area contributed by atoms with E-state index in [0.29, 0.717) is 12.8 Å². The van der Waals surface area contributed by atoms with Gasteiger partial charge in [0.15, 0.2) is 0 Å². The molecule has 1 fully saturated rings. The van der Waals surface area contributed by atoms with E-state index in [9.17, 15) is 8.78 Å². The molecule has 2 unspecified atom stereocenters. The molecule has 2 aliphatic rings. The number of rotatable bonds is 1. The van der Waals surface area contributed by atoms with Gasteiger partial charge in [0.2, 0.25) is 5.92 Å². The van der Waals surface area contributed by atoms with E-state index in [4.69, 9.17) is 11.5 Å². The Morgan fingerprint density at radius 2 is 1.75 bits per heavy atom. The van der Waals surface area contributed by atoms with Crippen molar-refractivity contribution < 1.29 is 8.78 Å². The number of halogens is 2. The highest BCUT2D eigenvalue weighted by atomic mass is 19.3. The van der Waals surface area contributed by atoms with Gasteiger partial charge >= 0.3 is 0 Å². The number of alkyl halides is 2. The van der Waals surface area contributed by atoms with Gasteiger partial charge in [-0.25, -0.2) is 8.78 Å². The average molecular weight is 228 g/mol. The summed E-state index contributed by atoms with van der Waals surface area (Å²) < 4.78 is 26.1. The van der Waals surface area contributed by atoms with E-state index in [2.05, 4.69) is 0 Å². The maximum atomic E-state index is 13.1. The van der Waals surface area contributed by atoms with Crippen molar-refractivity contribution in [3.8, 4) is 0 Å². The van der Waals surface area contributed by atoms with Gasteiger partial charge in [-0.1, -0.05) is 24.3 Å². The fourth-order valence-corrected chi connectivity index (χ4v) is 2.63. The molecule has 0 aromatic rings. The minimum atomic E-state index is -2.51. The first-order chi connectivity index (χ1) is 7.44. The zero-order valence-corrected chi connectivity index (χ0v) is 9.20. The van der Waals surface area contributed by atoms with E-state index in [1.807, 2.05) is 24.3 Å². The Balaban J connectivity index is 2.08. The number of nitrogens with two attached hydrogens (primary N) is 2. The third-order valence-electron chi connectivity index (χ3n) is 3.82. The predicted octanol–water partition coefficient (Wildman–Crippen LogP) is 1.96. The second kappa shape index (κ2) is 3.93. The van der Waals surface area contributed by atoms with Gasteiger partial charge in [0.05, 0.1) is 5.54 Å². The highest BCUT2D eigenvalue weighted by Crippen LogP contribution is 2.41. The molecular formula is C12H18F2N2. The summed E-state index contributed by atoms with van der Waals surface area (Å²) in [5.74, 6) is -2.45. The zero-order valence-electron chi connectivity index (χ0n) is 9.20. The molecule has 16 heavy (non-hydrogen) atoms. The Hall–Kier alpha value is -0.740. The second-order valence-electron chi connectivity index (χ2n) is 4.90. The Morgan fingerprint density at radius 1 is 1.12 bits per heavy atom. The van der Waals surface area contributed by atoms with Crippen molar-refractivity contribution >= 4 is 0 Å². The third-order valence-corrected chi connectivity index (χ3v) is 3.82. The fourth-order valence-electron chi connectivity index (χ4n) is 2.63. The molecule has 1 saturated carbocycles. The monoisotopic (exact) mass is 228 g/mol. The maximum Gasteiger partial charge on any atom is 0.248 e. The molecule has 4 N–H and O–H groups in total. The molecule has 0 aromatic heterocycles. The maximum absolute atomic E-state index is 13.1. The van der Waals surface area contributed by atoms with E-state index in [1.165, 1.54) is 0 Å². The van der Waals surface area contributed by atoms with Crippen LogP contribution >= 0.6 is 0 Å². The fraction of sp³-hybridized carbons (Fsp3) is 0.667. The summed E-state index contributed by atoms with van der Waals surface area (Å²) >= 11 is 0. The lowest BCUT2D eigenvalue weighted by molar-refractivity contribution is -0.0525. The Bertz CT molecular complexity index is 315. The number of hydrogen-bond donors (Lipinski definition) is 2. The molecule has 0 heterocycles. The minimum absolute atomic E-state index is 0.0586. The summed E-state index contributed by atoms with van der Waals surface area (Å²) in [5.41, 5.74) is 11.6. The first-order valence-electron chi connectivity index (χ1n) is 5.72. The Kier molecular flexibility index (Phi) is 2.88. The van der Waals surface area contributed by atoms with Gasteiger partial charge in [0, 0.05) is 18.9 Å². The SMILES string of the molecule is NC1C=CC=CC1(N)C1CCC(F)(F)CC1. The summed E-state index contributed by atoms with van der Waals surface area (Å²) in [6.07, 6.45) is 8.19. The summed E-state index contributed by atoms with van der Waals surface area (Å²) in [6, 6.07) is -0.269. The molecule has 0 saturated heterocycles. The van der Waals surface area contributed by atoms with Gasteiger partial charge < -0.3 is 11.5 Å². The average Bonchev–Trinajstić information content (AvgIpc) is 2.22. The van der Waals surface area contributed by atoms with Crippen LogP contribution in [0, 0.1) is 5.92 Å². The van der Waals surface area contributed by atoms with Crippen molar-refractivity contribution in [2.45, 2.75) is 43.2 Å². The Morgan fingerprint density at radius 3 is 2.31 bits per heavy atom. The molecule has 2 nitrogen and oxygen atoms in total. The van der Waals surface area contributed by atoms with E-state index in [1.54, 1.807) is 0 Å². The number of allylic oxidation sites excluding steroid dienone is 2. The van der Waals surface area contributed by atoms with Crippen LogP contribution < -0.4 is 11.5 Å². The van der Waals surface area contributed by atoms with Crippen LogP contribution in [0.25, 0.3) is 0 Å². The van der Waals surface area contributed by atoms with Gasteiger partial charge in [0.25, 0.3) is 0 Å². The van der Waals surface area contributed by atoms with Crippen molar-refractivity contribution in [1.82, 2.24) is 0 Å². The van der Waals surface area contributed by atoms with Crippen molar-refractivity contribution in [2.75, 3.05) is 0 Å². The van der Waals surface area contributed by atoms with Crippen LogP contribution in [-0.4, -0.2) is 17.5 Å². The lowest BCUT2D eigenvalue weighted by Crippen LogP contribution is -2.59. The van der Waals surface area contributed by atoms with Gasteiger partial charge in [-0.15, -0.1) is 0 Å². The first kappa shape index (κ1) is 11.7. The quantitative estimate of drug-likeness (QED) is 0.721. The summed E-state index contributed by atoms with van der Waals surface area (Å²) in [7, 11) is 0. The first-order valence-corrected chi connectivity index (χ1v) is 5.72. The largest absolute Gasteiger partial charge is 0.323 e. The van der Waals surface area contributed by atoms with E-state index >= 15 is 0 Å². The topological polar surface area (TPSA) is 52.0 Å². The highest BCUT2D eigenvalue weighted by Gasteiger charge is 2.44. The van der Waals surface area contributed by atoms with Crippen molar-refractivity contribution in [3.05, 3.63) is 24.3 Å². The van der Waals surface area contributed by atoms with Crippen LogP contribution in [-0.2, 0) is 0 Å². The van der Waals surface area contributed by atoms with Crippen molar-refractivity contribution in [3.63, 3.8) is 0 Å². The molecule has 90 valence electrons. The zero-order chi connectivity index (χ0) is 11.8. The number of hydrogen-bond acceptors (Lipinski definition) is 2. The molecular weight excluding hydrogens is 210 g/mol. The molecule has 0 amide bonds. The molecule has 0 radical (unpaired) electrons. The van der Waals surface area contributed by atoms with Crippen molar-refractivity contribution in [2.24, 2.45) is 17.4 Å². The predicted molar refractivity (Wildman–Crippen MR) is 60.1 cm³/mol.